The normalized spacial score (nSPS) is 14.8. The lowest BCUT2D eigenvalue weighted by Crippen LogP contribution is -2.33. The minimum atomic E-state index is 0.00404. The highest BCUT2D eigenvalue weighted by molar-refractivity contribution is 9.10. The summed E-state index contributed by atoms with van der Waals surface area (Å²) in [6, 6.07) is 5.37. The van der Waals surface area contributed by atoms with Crippen LogP contribution in [0.5, 0.6) is 5.75 Å². The largest absolute Gasteiger partial charge is 0.507 e. The number of phenols is 1. The van der Waals surface area contributed by atoms with Gasteiger partial charge in [-0.25, -0.2) is 10.5 Å². The number of halogens is 1. The molecule has 2 aromatic rings. The van der Waals surface area contributed by atoms with Crippen molar-refractivity contribution in [2.75, 3.05) is 11.2 Å². The van der Waals surface area contributed by atoms with Crippen molar-refractivity contribution in [3.8, 4) is 5.75 Å². The van der Waals surface area contributed by atoms with Gasteiger partial charge in [-0.15, -0.1) is 5.10 Å². The second-order valence-corrected chi connectivity index (χ2v) is 7.74. The number of amides is 1. The number of hydrogen-bond donors (Lipinski definition) is 4. The van der Waals surface area contributed by atoms with Crippen LogP contribution >= 0.6 is 27.7 Å². The first-order valence-corrected chi connectivity index (χ1v) is 10.00. The maximum absolute atomic E-state index is 11.9. The number of thioether (sulfide) groups is 1. The van der Waals surface area contributed by atoms with Gasteiger partial charge in [0.1, 0.15) is 5.75 Å². The predicted molar refractivity (Wildman–Crippen MR) is 105 cm³/mol. The van der Waals surface area contributed by atoms with Crippen molar-refractivity contribution < 1.29 is 9.90 Å². The molecule has 0 spiro atoms. The van der Waals surface area contributed by atoms with Crippen LogP contribution in [0.15, 0.2) is 32.9 Å². The van der Waals surface area contributed by atoms with Gasteiger partial charge in [0.2, 0.25) is 17.0 Å². The van der Waals surface area contributed by atoms with Crippen LogP contribution in [0.1, 0.15) is 31.2 Å². The van der Waals surface area contributed by atoms with E-state index in [0.29, 0.717) is 22.7 Å². The number of rotatable bonds is 7. The molecule has 1 aromatic heterocycles. The summed E-state index contributed by atoms with van der Waals surface area (Å²) in [5.74, 6) is 0.767. The molecule has 1 amide bonds. The van der Waals surface area contributed by atoms with Crippen molar-refractivity contribution in [1.29, 1.82) is 0 Å². The second kappa shape index (κ2) is 9.04. The van der Waals surface area contributed by atoms with Crippen LogP contribution in [0, 0.1) is 0 Å². The summed E-state index contributed by atoms with van der Waals surface area (Å²) in [5, 5.41) is 24.0. The van der Waals surface area contributed by atoms with Crippen molar-refractivity contribution in [1.82, 2.24) is 20.5 Å². The van der Waals surface area contributed by atoms with Crippen molar-refractivity contribution >= 4 is 45.8 Å². The Labute approximate surface area is 163 Å². The number of hydrogen-bond acceptors (Lipinski definition) is 7. The molecular formula is C16H19BrN6O2S. The number of nitrogens with zero attached hydrogens (tertiary/aromatic N) is 3. The molecule has 4 N–H and O–H groups in total. The predicted octanol–water partition coefficient (Wildman–Crippen LogP) is 2.87. The number of aromatic amines is 1. The number of carbonyl (C=O) groups is 1. The number of H-pyrrole nitrogens is 1. The molecule has 0 bridgehead atoms. The third-order valence-electron chi connectivity index (χ3n) is 3.88. The van der Waals surface area contributed by atoms with Gasteiger partial charge in [0.25, 0.3) is 0 Å². The summed E-state index contributed by atoms with van der Waals surface area (Å²) in [6.07, 6.45) is 5.98. The smallest absolute Gasteiger partial charge is 0.240 e. The summed E-state index contributed by atoms with van der Waals surface area (Å²) in [4.78, 5) is 16.1. The van der Waals surface area contributed by atoms with Gasteiger partial charge >= 0.3 is 0 Å². The minimum Gasteiger partial charge on any atom is -0.507 e. The van der Waals surface area contributed by atoms with Gasteiger partial charge < -0.3 is 10.4 Å². The Morgan fingerprint density at radius 2 is 2.27 bits per heavy atom. The zero-order valence-electron chi connectivity index (χ0n) is 13.9. The van der Waals surface area contributed by atoms with Crippen LogP contribution in [-0.2, 0) is 4.79 Å². The van der Waals surface area contributed by atoms with Crippen LogP contribution in [0.25, 0.3) is 0 Å². The number of hydrazone groups is 1. The van der Waals surface area contributed by atoms with E-state index in [9.17, 15) is 9.90 Å². The molecule has 1 aliphatic rings. The molecule has 0 unspecified atom stereocenters. The Hall–Kier alpha value is -2.07. The van der Waals surface area contributed by atoms with Gasteiger partial charge in [-0.05, 0) is 31.0 Å². The fourth-order valence-electron chi connectivity index (χ4n) is 2.62. The molecule has 0 saturated heterocycles. The molecular weight excluding hydrogens is 420 g/mol. The molecule has 1 heterocycles. The lowest BCUT2D eigenvalue weighted by atomic mass is 10.2. The van der Waals surface area contributed by atoms with E-state index in [1.807, 2.05) is 0 Å². The zero-order chi connectivity index (χ0) is 18.4. The average Bonchev–Trinajstić information content (AvgIpc) is 3.28. The number of carbonyl (C=O) groups excluding carboxylic acids is 1. The van der Waals surface area contributed by atoms with Crippen molar-refractivity contribution in [3.63, 3.8) is 0 Å². The van der Waals surface area contributed by atoms with Gasteiger partial charge in [0.15, 0.2) is 0 Å². The Balaban J connectivity index is 1.46. The monoisotopic (exact) mass is 438 g/mol. The summed E-state index contributed by atoms with van der Waals surface area (Å²) in [6.45, 7) is 0. The van der Waals surface area contributed by atoms with Crippen molar-refractivity contribution in [2.45, 2.75) is 36.9 Å². The molecule has 138 valence electrons. The molecule has 0 radical (unpaired) electrons. The second-order valence-electron chi connectivity index (χ2n) is 5.88. The molecule has 1 aromatic carbocycles. The van der Waals surface area contributed by atoms with Crippen LogP contribution in [0.3, 0.4) is 0 Å². The fourth-order valence-corrected chi connectivity index (χ4v) is 3.61. The van der Waals surface area contributed by atoms with E-state index in [-0.39, 0.29) is 17.4 Å². The standard InChI is InChI=1S/C16H19BrN6O2S/c17-11-5-6-13(24)10(7-11)8-18-21-15-20-16(23-22-15)26-9-14(25)19-12-3-1-2-4-12/h5-8,12,24H,1-4,9H2,(H,19,25)(H2,20,21,22,23)/b18-8-. The van der Waals surface area contributed by atoms with Crippen LogP contribution in [0.4, 0.5) is 5.95 Å². The molecule has 1 saturated carbocycles. The first-order valence-electron chi connectivity index (χ1n) is 8.22. The minimum absolute atomic E-state index is 0.00404. The topological polar surface area (TPSA) is 115 Å². The summed E-state index contributed by atoms with van der Waals surface area (Å²) >= 11 is 4.60. The molecule has 1 aliphatic carbocycles. The third-order valence-corrected chi connectivity index (χ3v) is 5.22. The molecule has 10 heteroatoms. The maximum atomic E-state index is 11.9. The quantitative estimate of drug-likeness (QED) is 0.300. The lowest BCUT2D eigenvalue weighted by molar-refractivity contribution is -0.119. The first kappa shape index (κ1) is 18.7. The number of aromatic nitrogens is 3. The molecule has 3 rings (SSSR count). The van der Waals surface area contributed by atoms with E-state index in [0.717, 1.165) is 17.3 Å². The van der Waals surface area contributed by atoms with E-state index in [4.69, 9.17) is 0 Å². The van der Waals surface area contributed by atoms with Crippen LogP contribution < -0.4 is 10.7 Å². The summed E-state index contributed by atoms with van der Waals surface area (Å²) < 4.78 is 0.839. The first-order chi connectivity index (χ1) is 12.6. The third kappa shape index (κ3) is 5.46. The Morgan fingerprint density at radius 3 is 3.08 bits per heavy atom. The number of phenolic OH excluding ortho intramolecular Hbond substituents is 1. The number of aromatic hydroxyl groups is 1. The SMILES string of the molecule is O=C(CSc1n[nH]c(N/N=C\c2cc(Br)ccc2O)n1)NC1CCCC1. The van der Waals surface area contributed by atoms with Gasteiger partial charge in [-0.1, -0.05) is 40.5 Å². The van der Waals surface area contributed by atoms with E-state index in [1.165, 1.54) is 30.8 Å². The summed E-state index contributed by atoms with van der Waals surface area (Å²) in [7, 11) is 0. The van der Waals surface area contributed by atoms with Crippen LogP contribution in [-0.4, -0.2) is 44.2 Å². The lowest BCUT2D eigenvalue weighted by Gasteiger charge is -2.10. The van der Waals surface area contributed by atoms with Gasteiger partial charge in [0, 0.05) is 16.1 Å². The highest BCUT2D eigenvalue weighted by atomic mass is 79.9. The molecule has 8 nitrogen and oxygen atoms in total. The van der Waals surface area contributed by atoms with Gasteiger partial charge in [0.05, 0.1) is 12.0 Å². The Bertz CT molecular complexity index is 791. The Morgan fingerprint density at radius 1 is 1.46 bits per heavy atom. The fraction of sp³-hybridized carbons (Fsp3) is 0.375. The van der Waals surface area contributed by atoms with Crippen molar-refractivity contribution in [2.24, 2.45) is 5.10 Å². The highest BCUT2D eigenvalue weighted by Gasteiger charge is 2.17. The van der Waals surface area contributed by atoms with E-state index < -0.39 is 0 Å². The van der Waals surface area contributed by atoms with Gasteiger partial charge in [-0.2, -0.15) is 10.1 Å². The van der Waals surface area contributed by atoms with Crippen LogP contribution in [0.2, 0.25) is 0 Å². The number of nitrogens with one attached hydrogen (secondary N) is 3. The summed E-state index contributed by atoms with van der Waals surface area (Å²) in [5.41, 5.74) is 3.27. The molecule has 26 heavy (non-hydrogen) atoms. The van der Waals surface area contributed by atoms with E-state index in [2.05, 4.69) is 47.0 Å². The molecule has 0 aliphatic heterocycles. The van der Waals surface area contributed by atoms with Crippen molar-refractivity contribution in [3.05, 3.63) is 28.2 Å². The Kier molecular flexibility index (Phi) is 6.51. The molecule has 0 atom stereocenters. The number of benzene rings is 1. The average molecular weight is 439 g/mol. The van der Waals surface area contributed by atoms with E-state index >= 15 is 0 Å². The zero-order valence-corrected chi connectivity index (χ0v) is 16.3. The molecule has 1 fully saturated rings. The van der Waals surface area contributed by atoms with Gasteiger partial charge in [-0.3, -0.25) is 4.79 Å². The number of anilines is 1. The van der Waals surface area contributed by atoms with E-state index in [1.54, 1.807) is 18.2 Å². The maximum Gasteiger partial charge on any atom is 0.240 e. The highest BCUT2D eigenvalue weighted by Crippen LogP contribution is 2.20.